The number of benzene rings is 1. The molecule has 0 amide bonds. The predicted molar refractivity (Wildman–Crippen MR) is 76.3 cm³/mol. The van der Waals surface area contributed by atoms with E-state index in [0.29, 0.717) is 17.9 Å². The van der Waals surface area contributed by atoms with E-state index in [1.807, 2.05) is 0 Å². The molecule has 0 aliphatic rings. The van der Waals surface area contributed by atoms with Gasteiger partial charge in [-0.1, -0.05) is 6.92 Å². The zero-order valence-electron chi connectivity index (χ0n) is 11.3. The molecule has 0 spiro atoms. The summed E-state index contributed by atoms with van der Waals surface area (Å²) in [5, 5.41) is 11.9. The monoisotopic (exact) mass is 268 g/mol. The topological polar surface area (TPSA) is 70.8 Å². The normalized spacial score (nSPS) is 9.80. The number of rotatable bonds is 6. The van der Waals surface area contributed by atoms with Crippen LogP contribution in [-0.4, -0.2) is 16.5 Å². The van der Waals surface area contributed by atoms with E-state index < -0.39 is 0 Å². The average Bonchev–Trinajstić information content (AvgIpc) is 2.52. The Balaban J connectivity index is 1.88. The maximum Gasteiger partial charge on any atom is 0.144 e. The van der Waals surface area contributed by atoms with Crippen molar-refractivity contribution in [1.29, 1.82) is 5.26 Å². The largest absolute Gasteiger partial charge is 0.487 e. The number of nitrogens with one attached hydrogen (secondary N) is 1. The van der Waals surface area contributed by atoms with Gasteiger partial charge < -0.3 is 10.1 Å². The number of nitriles is 1. The summed E-state index contributed by atoms with van der Waals surface area (Å²) in [7, 11) is 0. The number of hydrogen-bond acceptors (Lipinski definition) is 5. The van der Waals surface area contributed by atoms with Gasteiger partial charge in [0.25, 0.3) is 0 Å². The zero-order valence-corrected chi connectivity index (χ0v) is 11.3. The Hall–Kier alpha value is -2.61. The number of ether oxygens (including phenoxy) is 1. The fourth-order valence-electron chi connectivity index (χ4n) is 1.56. The molecule has 5 nitrogen and oxygen atoms in total. The van der Waals surface area contributed by atoms with Crippen LogP contribution in [0, 0.1) is 11.3 Å². The highest BCUT2D eigenvalue weighted by Crippen LogP contribution is 2.13. The predicted octanol–water partition coefficient (Wildman–Crippen LogP) is 2.75. The van der Waals surface area contributed by atoms with Crippen LogP contribution in [0.5, 0.6) is 5.75 Å². The Morgan fingerprint density at radius 2 is 2.00 bits per heavy atom. The lowest BCUT2D eigenvalue weighted by Crippen LogP contribution is -2.04. The minimum atomic E-state index is 0.354. The van der Waals surface area contributed by atoms with Crippen LogP contribution >= 0.6 is 0 Å². The van der Waals surface area contributed by atoms with Crippen LogP contribution in [0.1, 0.15) is 24.6 Å². The van der Waals surface area contributed by atoms with Crippen molar-refractivity contribution in [2.24, 2.45) is 0 Å². The molecule has 2 aromatic rings. The van der Waals surface area contributed by atoms with E-state index in [4.69, 9.17) is 10.00 Å². The molecule has 0 radical (unpaired) electrons. The van der Waals surface area contributed by atoms with Crippen molar-refractivity contribution in [1.82, 2.24) is 9.97 Å². The second-order valence-electron chi connectivity index (χ2n) is 4.24. The first-order chi connectivity index (χ1) is 9.81. The molecule has 0 fully saturated rings. The highest BCUT2D eigenvalue weighted by atomic mass is 16.5. The molecule has 0 saturated heterocycles. The molecule has 1 N–H and O–H groups in total. The summed E-state index contributed by atoms with van der Waals surface area (Å²) >= 11 is 0. The molecule has 0 bridgehead atoms. The van der Waals surface area contributed by atoms with Gasteiger partial charge in [0.15, 0.2) is 0 Å². The average molecular weight is 268 g/mol. The van der Waals surface area contributed by atoms with Crippen LogP contribution in [0.15, 0.2) is 36.7 Å². The van der Waals surface area contributed by atoms with Crippen molar-refractivity contribution in [2.75, 3.05) is 11.9 Å². The summed E-state index contributed by atoms with van der Waals surface area (Å²) < 4.78 is 5.58. The molecule has 1 aromatic heterocycles. The van der Waals surface area contributed by atoms with Crippen molar-refractivity contribution < 1.29 is 4.74 Å². The van der Waals surface area contributed by atoms with Crippen LogP contribution in [0.25, 0.3) is 0 Å². The van der Waals surface area contributed by atoms with Crippen molar-refractivity contribution in [3.63, 3.8) is 0 Å². The van der Waals surface area contributed by atoms with Crippen LogP contribution in [0.2, 0.25) is 0 Å². The standard InChI is InChI=1S/C15H16N4O/c1-2-7-17-15-10-18-13(9-19-15)11-20-14-5-3-12(8-16)4-6-14/h3-6,9-10H,2,7,11H2,1H3,(H,17,19). The van der Waals surface area contributed by atoms with Crippen molar-refractivity contribution in [3.05, 3.63) is 47.9 Å². The van der Waals surface area contributed by atoms with Gasteiger partial charge in [0.05, 0.1) is 29.7 Å². The SMILES string of the molecule is CCCNc1cnc(COc2ccc(C#N)cc2)cn1. The van der Waals surface area contributed by atoms with E-state index in [0.717, 1.165) is 24.5 Å². The lowest BCUT2D eigenvalue weighted by molar-refractivity contribution is 0.301. The Morgan fingerprint density at radius 1 is 1.20 bits per heavy atom. The van der Waals surface area contributed by atoms with E-state index in [1.54, 1.807) is 36.7 Å². The molecule has 2 rings (SSSR count). The molecule has 0 unspecified atom stereocenters. The summed E-state index contributed by atoms with van der Waals surface area (Å²) in [6.07, 6.45) is 4.44. The minimum Gasteiger partial charge on any atom is -0.487 e. The first kappa shape index (κ1) is 13.8. The number of nitrogens with zero attached hydrogens (tertiary/aromatic N) is 3. The summed E-state index contributed by atoms with van der Waals surface area (Å²) in [5.74, 6) is 1.48. The molecule has 0 saturated carbocycles. The number of hydrogen-bond donors (Lipinski definition) is 1. The maximum atomic E-state index is 8.71. The van der Waals surface area contributed by atoms with E-state index in [1.165, 1.54) is 0 Å². The highest BCUT2D eigenvalue weighted by molar-refractivity contribution is 5.34. The summed E-state index contributed by atoms with van der Waals surface area (Å²) in [5.41, 5.74) is 1.37. The van der Waals surface area contributed by atoms with E-state index in [-0.39, 0.29) is 0 Å². The molecule has 0 atom stereocenters. The molecule has 5 heteroatoms. The first-order valence-electron chi connectivity index (χ1n) is 6.49. The third-order valence-corrected chi connectivity index (χ3v) is 2.63. The maximum absolute atomic E-state index is 8.71. The summed E-state index contributed by atoms with van der Waals surface area (Å²) in [6.45, 7) is 3.34. The van der Waals surface area contributed by atoms with Gasteiger partial charge in [0, 0.05) is 6.54 Å². The van der Waals surface area contributed by atoms with Crippen LogP contribution in [0.4, 0.5) is 5.82 Å². The van der Waals surface area contributed by atoms with Crippen LogP contribution in [-0.2, 0) is 6.61 Å². The number of aromatic nitrogens is 2. The molecule has 0 aliphatic heterocycles. The van der Waals surface area contributed by atoms with Gasteiger partial charge in [-0.25, -0.2) is 4.98 Å². The van der Waals surface area contributed by atoms with Gasteiger partial charge >= 0.3 is 0 Å². The molecule has 102 valence electrons. The molecule has 1 aromatic carbocycles. The van der Waals surface area contributed by atoms with Gasteiger partial charge in [-0.3, -0.25) is 4.98 Å². The van der Waals surface area contributed by atoms with Crippen molar-refractivity contribution in [2.45, 2.75) is 20.0 Å². The molecular weight excluding hydrogens is 252 g/mol. The van der Waals surface area contributed by atoms with Gasteiger partial charge in [-0.05, 0) is 30.7 Å². The second kappa shape index (κ2) is 7.10. The quantitative estimate of drug-likeness (QED) is 0.872. The fourth-order valence-corrected chi connectivity index (χ4v) is 1.56. The van der Waals surface area contributed by atoms with Gasteiger partial charge in [-0.2, -0.15) is 5.26 Å². The Labute approximate surface area is 118 Å². The Morgan fingerprint density at radius 3 is 2.60 bits per heavy atom. The van der Waals surface area contributed by atoms with Crippen LogP contribution in [0.3, 0.4) is 0 Å². The van der Waals surface area contributed by atoms with Crippen molar-refractivity contribution >= 4 is 5.82 Å². The summed E-state index contributed by atoms with van der Waals surface area (Å²) in [6, 6.07) is 9.04. The second-order valence-corrected chi connectivity index (χ2v) is 4.24. The highest BCUT2D eigenvalue weighted by Gasteiger charge is 1.99. The van der Waals surface area contributed by atoms with Gasteiger partial charge in [-0.15, -0.1) is 0 Å². The lowest BCUT2D eigenvalue weighted by Gasteiger charge is -2.07. The third-order valence-electron chi connectivity index (χ3n) is 2.63. The third kappa shape index (κ3) is 3.95. The number of anilines is 1. The zero-order chi connectivity index (χ0) is 14.2. The summed E-state index contributed by atoms with van der Waals surface area (Å²) in [4.78, 5) is 8.54. The molecular formula is C15H16N4O. The molecule has 20 heavy (non-hydrogen) atoms. The fraction of sp³-hybridized carbons (Fsp3) is 0.267. The lowest BCUT2D eigenvalue weighted by atomic mass is 10.2. The van der Waals surface area contributed by atoms with Gasteiger partial charge in [0.2, 0.25) is 0 Å². The molecule has 0 aliphatic carbocycles. The Kier molecular flexibility index (Phi) is 4.90. The van der Waals surface area contributed by atoms with Crippen LogP contribution < -0.4 is 10.1 Å². The van der Waals surface area contributed by atoms with Crippen molar-refractivity contribution in [3.8, 4) is 11.8 Å². The van der Waals surface area contributed by atoms with E-state index in [2.05, 4.69) is 28.3 Å². The van der Waals surface area contributed by atoms with E-state index in [9.17, 15) is 0 Å². The first-order valence-corrected chi connectivity index (χ1v) is 6.49. The molecule has 1 heterocycles. The smallest absolute Gasteiger partial charge is 0.144 e. The Bertz CT molecular complexity index is 572. The van der Waals surface area contributed by atoms with E-state index >= 15 is 0 Å². The van der Waals surface area contributed by atoms with Gasteiger partial charge in [0.1, 0.15) is 18.2 Å². The minimum absolute atomic E-state index is 0.354.